The molecule has 0 saturated carbocycles. The van der Waals surface area contributed by atoms with Crippen LogP contribution in [0.3, 0.4) is 0 Å². The average molecular weight is 390 g/mol. The number of carbonyl (C=O) groups is 1. The number of rotatable bonds is 4. The predicted molar refractivity (Wildman–Crippen MR) is 99.6 cm³/mol. The first-order chi connectivity index (χ1) is 12.0. The maximum absolute atomic E-state index is 11.5. The van der Waals surface area contributed by atoms with Crippen LogP contribution >= 0.6 is 23.2 Å². The summed E-state index contributed by atoms with van der Waals surface area (Å²) >= 11 is 11.1. The minimum absolute atomic E-state index is 0.0668. The van der Waals surface area contributed by atoms with Gasteiger partial charge in [-0.2, -0.15) is 0 Å². The summed E-state index contributed by atoms with van der Waals surface area (Å²) < 4.78 is 5.35. The van der Waals surface area contributed by atoms with E-state index in [0.29, 0.717) is 10.0 Å². The number of halogens is 2. The van der Waals surface area contributed by atoms with Gasteiger partial charge in [-0.25, -0.2) is 4.79 Å². The summed E-state index contributed by atoms with van der Waals surface area (Å²) in [7, 11) is 0. The molecule has 1 unspecified atom stereocenters. The Balaban J connectivity index is 0.000000212. The number of ether oxygens (including phenoxy) is 1. The maximum Gasteiger partial charge on any atom is 0.410 e. The minimum atomic E-state index is -0.137. The highest BCUT2D eigenvalue weighted by Crippen LogP contribution is 2.25. The summed E-state index contributed by atoms with van der Waals surface area (Å²) in [6, 6.07) is 4.41. The Bertz CT molecular complexity index is 568. The van der Waals surface area contributed by atoms with Crippen molar-refractivity contribution in [3.63, 3.8) is 0 Å². The number of aromatic hydroxyl groups is 1. The number of nitrogens with one attached hydrogen (secondary N) is 1. The van der Waals surface area contributed by atoms with Gasteiger partial charge in [0.25, 0.3) is 0 Å². The zero-order valence-electron chi connectivity index (χ0n) is 14.4. The van der Waals surface area contributed by atoms with Gasteiger partial charge in [0.2, 0.25) is 0 Å². The molecule has 140 valence electrons. The van der Waals surface area contributed by atoms with Crippen molar-refractivity contribution in [2.24, 2.45) is 0 Å². The number of hydrogen-bond donors (Lipinski definition) is 2. The molecule has 0 aliphatic carbocycles. The van der Waals surface area contributed by atoms with E-state index in [1.54, 1.807) is 6.07 Å². The second kappa shape index (κ2) is 10.1. The summed E-state index contributed by atoms with van der Waals surface area (Å²) in [6.45, 7) is 8.74. The number of piperazine rings is 1. The van der Waals surface area contributed by atoms with Crippen molar-refractivity contribution < 1.29 is 14.6 Å². The van der Waals surface area contributed by atoms with Crippen LogP contribution in [-0.2, 0) is 4.74 Å². The summed E-state index contributed by atoms with van der Waals surface area (Å²) in [5.74, 6) is 0.129. The molecule has 3 rings (SSSR count). The molecule has 2 aliphatic heterocycles. The van der Waals surface area contributed by atoms with E-state index in [0.717, 1.165) is 52.2 Å². The monoisotopic (exact) mass is 389 g/mol. The summed E-state index contributed by atoms with van der Waals surface area (Å²) in [4.78, 5) is 15.7. The molecule has 8 heteroatoms. The number of amides is 1. The van der Waals surface area contributed by atoms with Crippen LogP contribution in [0, 0.1) is 0 Å². The van der Waals surface area contributed by atoms with Crippen LogP contribution in [0.4, 0.5) is 4.79 Å². The van der Waals surface area contributed by atoms with E-state index in [2.05, 4.69) is 17.1 Å². The van der Waals surface area contributed by atoms with Gasteiger partial charge in [-0.3, -0.25) is 4.90 Å². The van der Waals surface area contributed by atoms with Crippen LogP contribution in [0.1, 0.15) is 13.3 Å². The molecule has 2 saturated heterocycles. The van der Waals surface area contributed by atoms with Crippen LogP contribution in [0.25, 0.3) is 0 Å². The van der Waals surface area contributed by atoms with Crippen molar-refractivity contribution in [1.82, 2.24) is 15.1 Å². The number of phenolic OH excluding ortho intramolecular Hbond substituents is 1. The quantitative estimate of drug-likeness (QED) is 0.828. The first-order valence-corrected chi connectivity index (χ1v) is 9.27. The van der Waals surface area contributed by atoms with Crippen molar-refractivity contribution in [1.29, 1.82) is 0 Å². The molecule has 0 bridgehead atoms. The Morgan fingerprint density at radius 1 is 1.28 bits per heavy atom. The van der Waals surface area contributed by atoms with E-state index in [-0.39, 0.29) is 17.9 Å². The van der Waals surface area contributed by atoms with E-state index in [1.807, 2.05) is 4.90 Å². The third kappa shape index (κ3) is 6.55. The van der Waals surface area contributed by atoms with E-state index >= 15 is 0 Å². The predicted octanol–water partition coefficient (Wildman–Crippen LogP) is 2.82. The standard InChI is InChI=1S/C11H21N3O2.C6H4Cl2O/c1-2-5-14-9-10(16-11(14)15)8-13-6-3-12-4-7-13;7-5-2-1-4(9)3-6(5)8/h10,12H,2-9H2,1H3;1-3,9H. The molecule has 2 fully saturated rings. The lowest BCUT2D eigenvalue weighted by molar-refractivity contribution is 0.102. The van der Waals surface area contributed by atoms with E-state index < -0.39 is 0 Å². The number of cyclic esters (lactones) is 1. The van der Waals surface area contributed by atoms with Crippen LogP contribution in [0.15, 0.2) is 18.2 Å². The fourth-order valence-corrected chi connectivity index (χ4v) is 3.08. The Hall–Kier alpha value is -1.21. The van der Waals surface area contributed by atoms with Gasteiger partial charge in [0.05, 0.1) is 16.6 Å². The molecule has 6 nitrogen and oxygen atoms in total. The lowest BCUT2D eigenvalue weighted by Crippen LogP contribution is -2.46. The highest BCUT2D eigenvalue weighted by molar-refractivity contribution is 6.42. The molecule has 2 heterocycles. The van der Waals surface area contributed by atoms with Crippen molar-refractivity contribution in [2.75, 3.05) is 45.8 Å². The van der Waals surface area contributed by atoms with Crippen molar-refractivity contribution in [3.05, 3.63) is 28.2 Å². The molecule has 25 heavy (non-hydrogen) atoms. The summed E-state index contributed by atoms with van der Waals surface area (Å²) in [5, 5.41) is 12.9. The SMILES string of the molecule is CCCN1CC(CN2CCNCC2)OC1=O.Oc1ccc(Cl)c(Cl)c1. The number of hydrogen-bond acceptors (Lipinski definition) is 5. The molecule has 1 aromatic carbocycles. The fraction of sp³-hybridized carbons (Fsp3) is 0.588. The third-order valence-corrected chi connectivity index (χ3v) is 4.76. The van der Waals surface area contributed by atoms with Crippen LogP contribution in [-0.4, -0.2) is 72.9 Å². The van der Waals surface area contributed by atoms with E-state index in [4.69, 9.17) is 33.0 Å². The topological polar surface area (TPSA) is 65.0 Å². The zero-order valence-corrected chi connectivity index (χ0v) is 15.9. The zero-order chi connectivity index (χ0) is 18.2. The van der Waals surface area contributed by atoms with Gasteiger partial charge in [0.1, 0.15) is 11.9 Å². The fourth-order valence-electron chi connectivity index (χ4n) is 2.79. The van der Waals surface area contributed by atoms with E-state index in [9.17, 15) is 4.79 Å². The van der Waals surface area contributed by atoms with Crippen LogP contribution in [0.2, 0.25) is 10.0 Å². The normalized spacial score (nSPS) is 20.8. The van der Waals surface area contributed by atoms with Gasteiger partial charge in [0, 0.05) is 39.3 Å². The Kier molecular flexibility index (Phi) is 8.09. The molecular weight excluding hydrogens is 365 g/mol. The molecule has 0 spiro atoms. The molecule has 2 aliphatic rings. The number of phenols is 1. The second-order valence-electron chi connectivity index (χ2n) is 6.10. The Morgan fingerprint density at radius 3 is 2.60 bits per heavy atom. The lowest BCUT2D eigenvalue weighted by Gasteiger charge is -2.28. The van der Waals surface area contributed by atoms with Gasteiger partial charge in [-0.1, -0.05) is 30.1 Å². The van der Waals surface area contributed by atoms with Crippen LogP contribution < -0.4 is 5.32 Å². The lowest BCUT2D eigenvalue weighted by atomic mass is 10.2. The molecule has 1 atom stereocenters. The average Bonchev–Trinajstić information content (AvgIpc) is 2.93. The van der Waals surface area contributed by atoms with Gasteiger partial charge in [-0.05, 0) is 24.6 Å². The van der Waals surface area contributed by atoms with E-state index in [1.165, 1.54) is 12.1 Å². The Morgan fingerprint density at radius 2 is 2.00 bits per heavy atom. The number of nitrogens with zero attached hydrogens (tertiary/aromatic N) is 2. The van der Waals surface area contributed by atoms with Gasteiger partial charge < -0.3 is 20.1 Å². The first kappa shape index (κ1) is 20.1. The summed E-state index contributed by atoms with van der Waals surface area (Å²) in [6.07, 6.45) is 0.925. The molecule has 1 aromatic rings. The number of carbonyl (C=O) groups excluding carboxylic acids is 1. The highest BCUT2D eigenvalue weighted by Gasteiger charge is 2.31. The van der Waals surface area contributed by atoms with Gasteiger partial charge in [0.15, 0.2) is 0 Å². The van der Waals surface area contributed by atoms with Crippen molar-refractivity contribution in [2.45, 2.75) is 19.4 Å². The molecule has 0 radical (unpaired) electrons. The highest BCUT2D eigenvalue weighted by atomic mass is 35.5. The molecule has 1 amide bonds. The number of benzene rings is 1. The molecular formula is C17H25Cl2N3O3. The largest absolute Gasteiger partial charge is 0.508 e. The Labute approximate surface area is 158 Å². The molecule has 0 aromatic heterocycles. The van der Waals surface area contributed by atoms with Crippen molar-refractivity contribution in [3.8, 4) is 5.75 Å². The maximum atomic E-state index is 11.5. The summed E-state index contributed by atoms with van der Waals surface area (Å²) in [5.41, 5.74) is 0. The van der Waals surface area contributed by atoms with Gasteiger partial charge >= 0.3 is 6.09 Å². The van der Waals surface area contributed by atoms with Gasteiger partial charge in [-0.15, -0.1) is 0 Å². The van der Waals surface area contributed by atoms with Crippen LogP contribution in [0.5, 0.6) is 5.75 Å². The second-order valence-corrected chi connectivity index (χ2v) is 6.92. The smallest absolute Gasteiger partial charge is 0.410 e. The third-order valence-electron chi connectivity index (χ3n) is 4.02. The minimum Gasteiger partial charge on any atom is -0.508 e. The van der Waals surface area contributed by atoms with Crippen molar-refractivity contribution >= 4 is 29.3 Å². The molecule has 2 N–H and O–H groups in total. The first-order valence-electron chi connectivity index (χ1n) is 8.52.